The first-order valence-corrected chi connectivity index (χ1v) is 12.8. The second-order valence-electron chi connectivity index (χ2n) is 8.70. The number of nitrogens with one attached hydrogen (secondary N) is 1. The summed E-state index contributed by atoms with van der Waals surface area (Å²) in [7, 11) is 1.54. The van der Waals surface area contributed by atoms with Crippen LogP contribution in [0.5, 0.6) is 5.75 Å². The molecule has 0 aliphatic carbocycles. The van der Waals surface area contributed by atoms with E-state index >= 15 is 0 Å². The van der Waals surface area contributed by atoms with Crippen molar-refractivity contribution in [2.45, 2.75) is 12.6 Å². The first-order chi connectivity index (χ1) is 19.0. The van der Waals surface area contributed by atoms with Gasteiger partial charge in [0.25, 0.3) is 17.7 Å². The Hall–Kier alpha value is -4.90. The highest BCUT2D eigenvalue weighted by Crippen LogP contribution is 2.27. The highest BCUT2D eigenvalue weighted by atomic mass is 32.1. The first-order valence-electron chi connectivity index (χ1n) is 12.0. The molecule has 5 rings (SSSR count). The summed E-state index contributed by atoms with van der Waals surface area (Å²) in [6.07, 6.45) is 0. The molecule has 0 saturated heterocycles. The van der Waals surface area contributed by atoms with Gasteiger partial charge in [-0.3, -0.25) is 24.1 Å². The largest absolute Gasteiger partial charge is 0.497 e. The number of methoxy groups -OCH3 is 1. The van der Waals surface area contributed by atoms with Crippen LogP contribution in [0.3, 0.4) is 0 Å². The molecule has 39 heavy (non-hydrogen) atoms. The number of nitrogens with zero attached hydrogens (tertiary/aromatic N) is 4. The van der Waals surface area contributed by atoms with E-state index in [9.17, 15) is 19.2 Å². The van der Waals surface area contributed by atoms with Gasteiger partial charge in [-0.05, 0) is 53.5 Å². The van der Waals surface area contributed by atoms with Crippen molar-refractivity contribution in [3.05, 3.63) is 107 Å². The third-order valence-corrected chi connectivity index (χ3v) is 6.79. The van der Waals surface area contributed by atoms with Crippen molar-refractivity contribution in [2.24, 2.45) is 0 Å². The number of aromatic nitrogens is 2. The second-order valence-corrected chi connectivity index (χ2v) is 9.31. The topological polar surface area (TPSA) is 122 Å². The lowest BCUT2D eigenvalue weighted by molar-refractivity contribution is -0.140. The maximum Gasteiger partial charge on any atom is 0.262 e. The summed E-state index contributed by atoms with van der Waals surface area (Å²) < 4.78 is 9.08. The molecule has 11 heteroatoms. The molecule has 10 nitrogen and oxygen atoms in total. The number of carbonyl (C=O) groups excluding carboxylic acids is 4. The van der Waals surface area contributed by atoms with Gasteiger partial charge in [0.05, 0.1) is 18.2 Å². The molecular formula is C28H23N5O5S. The fourth-order valence-corrected chi connectivity index (χ4v) is 4.80. The summed E-state index contributed by atoms with van der Waals surface area (Å²) in [6, 6.07) is 21.1. The first kappa shape index (κ1) is 25.7. The fourth-order valence-electron chi connectivity index (χ4n) is 4.32. The Morgan fingerprint density at radius 3 is 2.18 bits per heavy atom. The van der Waals surface area contributed by atoms with E-state index in [1.54, 1.807) is 61.0 Å². The third-order valence-electron chi connectivity index (χ3n) is 6.26. The molecule has 3 aromatic carbocycles. The maximum atomic E-state index is 13.9. The Bertz CT molecular complexity index is 1470. The molecular weight excluding hydrogens is 518 g/mol. The van der Waals surface area contributed by atoms with Crippen LogP contribution in [0.1, 0.15) is 38.0 Å². The summed E-state index contributed by atoms with van der Waals surface area (Å²) in [5.41, 5.74) is 1.97. The third kappa shape index (κ3) is 5.39. The van der Waals surface area contributed by atoms with E-state index in [-0.39, 0.29) is 23.4 Å². The molecule has 2 heterocycles. The van der Waals surface area contributed by atoms with Crippen molar-refractivity contribution in [3.8, 4) is 5.75 Å². The van der Waals surface area contributed by atoms with Gasteiger partial charge < -0.3 is 15.0 Å². The van der Waals surface area contributed by atoms with E-state index in [2.05, 4.69) is 14.9 Å². The van der Waals surface area contributed by atoms with Gasteiger partial charge in [-0.15, -0.1) is 5.10 Å². The van der Waals surface area contributed by atoms with Crippen molar-refractivity contribution < 1.29 is 23.9 Å². The monoisotopic (exact) mass is 541 g/mol. The number of anilines is 1. The molecule has 4 amide bonds. The fraction of sp³-hybridized carbons (Fsp3) is 0.143. The van der Waals surface area contributed by atoms with Crippen LogP contribution in [0.4, 0.5) is 5.69 Å². The van der Waals surface area contributed by atoms with Gasteiger partial charge in [0.2, 0.25) is 5.91 Å². The van der Waals surface area contributed by atoms with Crippen LogP contribution in [0.25, 0.3) is 0 Å². The second kappa shape index (κ2) is 11.2. The highest BCUT2D eigenvalue weighted by molar-refractivity contribution is 7.03. The lowest BCUT2D eigenvalue weighted by Crippen LogP contribution is -2.47. The van der Waals surface area contributed by atoms with Gasteiger partial charge in [0, 0.05) is 17.6 Å². The zero-order valence-electron chi connectivity index (χ0n) is 20.8. The van der Waals surface area contributed by atoms with E-state index in [0.29, 0.717) is 11.4 Å². The molecule has 0 radical (unpaired) electrons. The summed E-state index contributed by atoms with van der Waals surface area (Å²) in [4.78, 5) is 55.7. The highest BCUT2D eigenvalue weighted by Gasteiger charge is 2.40. The van der Waals surface area contributed by atoms with Crippen LogP contribution in [0.2, 0.25) is 0 Å². The normalized spacial score (nSPS) is 13.1. The Labute approximate surface area is 228 Å². The minimum Gasteiger partial charge on any atom is -0.497 e. The predicted octanol–water partition coefficient (Wildman–Crippen LogP) is 3.55. The number of hydrogen-bond donors (Lipinski definition) is 1. The van der Waals surface area contributed by atoms with Gasteiger partial charge in [-0.1, -0.05) is 47.0 Å². The molecule has 0 unspecified atom stereocenters. The lowest BCUT2D eigenvalue weighted by atomic mass is 10.1. The van der Waals surface area contributed by atoms with E-state index in [1.807, 2.05) is 30.3 Å². The average Bonchev–Trinajstić information content (AvgIpc) is 3.57. The van der Waals surface area contributed by atoms with Crippen molar-refractivity contribution in [1.29, 1.82) is 0 Å². The predicted molar refractivity (Wildman–Crippen MR) is 143 cm³/mol. The average molecular weight is 542 g/mol. The van der Waals surface area contributed by atoms with Gasteiger partial charge in [-0.25, -0.2) is 0 Å². The maximum absolute atomic E-state index is 13.9. The van der Waals surface area contributed by atoms with Crippen LogP contribution in [-0.2, 0) is 16.1 Å². The summed E-state index contributed by atoms with van der Waals surface area (Å²) >= 11 is 1.04. The van der Waals surface area contributed by atoms with Crippen LogP contribution in [0.15, 0.2) is 84.2 Å². The van der Waals surface area contributed by atoms with Gasteiger partial charge in [-0.2, -0.15) is 0 Å². The Kier molecular flexibility index (Phi) is 7.41. The molecule has 1 atom stereocenters. The zero-order chi connectivity index (χ0) is 27.4. The minimum absolute atomic E-state index is 0.0288. The molecule has 0 bridgehead atoms. The number of benzene rings is 3. The molecule has 0 saturated carbocycles. The Morgan fingerprint density at radius 1 is 0.949 bits per heavy atom. The van der Waals surface area contributed by atoms with Gasteiger partial charge >= 0.3 is 0 Å². The number of ether oxygens (including phenoxy) is 1. The van der Waals surface area contributed by atoms with Crippen LogP contribution >= 0.6 is 11.5 Å². The lowest BCUT2D eigenvalue weighted by Gasteiger charge is -2.31. The van der Waals surface area contributed by atoms with Gasteiger partial charge in [0.1, 0.15) is 18.0 Å². The molecule has 1 aliphatic heterocycles. The summed E-state index contributed by atoms with van der Waals surface area (Å²) in [5.74, 6) is -1.62. The molecule has 1 aromatic heterocycles. The Balaban J connectivity index is 1.47. The number of imide groups is 1. The van der Waals surface area contributed by atoms with E-state index < -0.39 is 36.2 Å². The van der Waals surface area contributed by atoms with Crippen molar-refractivity contribution in [2.75, 3.05) is 19.0 Å². The Morgan fingerprint density at radius 2 is 1.59 bits per heavy atom. The quantitative estimate of drug-likeness (QED) is 0.322. The van der Waals surface area contributed by atoms with Crippen LogP contribution < -0.4 is 10.1 Å². The number of amides is 4. The molecule has 1 aliphatic rings. The van der Waals surface area contributed by atoms with E-state index in [0.717, 1.165) is 22.0 Å². The number of carbonyl (C=O) groups is 4. The molecule has 1 N–H and O–H groups in total. The number of fused-ring (bicyclic) bond motifs is 1. The molecule has 196 valence electrons. The smallest absolute Gasteiger partial charge is 0.262 e. The van der Waals surface area contributed by atoms with Crippen molar-refractivity contribution in [3.63, 3.8) is 0 Å². The van der Waals surface area contributed by atoms with E-state index in [4.69, 9.17) is 4.74 Å². The SMILES string of the molecule is COc1ccc(NC(=O)[C@@H](c2csnn2)N(Cc2ccccc2)C(=O)CN2C(=O)c3ccccc3C2=O)cc1. The van der Waals surface area contributed by atoms with Crippen molar-refractivity contribution >= 4 is 40.8 Å². The van der Waals surface area contributed by atoms with Crippen LogP contribution in [0, 0.1) is 0 Å². The van der Waals surface area contributed by atoms with Crippen LogP contribution in [-0.4, -0.2) is 56.7 Å². The molecule has 0 fully saturated rings. The standard InChI is InChI=1S/C28H23N5O5S/c1-38-20-13-11-19(12-14-20)29-26(35)25(23-17-39-31-30-23)32(15-18-7-3-2-4-8-18)24(34)16-33-27(36)21-9-5-6-10-22(21)28(33)37/h2-14,17,25H,15-16H2,1H3,(H,29,35)/t25-/m1/s1. The van der Waals surface area contributed by atoms with Gasteiger partial charge in [0.15, 0.2) is 6.04 Å². The molecule has 0 spiro atoms. The number of hydrogen-bond acceptors (Lipinski definition) is 8. The van der Waals surface area contributed by atoms with Crippen molar-refractivity contribution in [1.82, 2.24) is 19.4 Å². The zero-order valence-corrected chi connectivity index (χ0v) is 21.6. The number of rotatable bonds is 9. The molecule has 4 aromatic rings. The van der Waals surface area contributed by atoms with E-state index in [1.165, 1.54) is 4.90 Å². The minimum atomic E-state index is -1.19. The summed E-state index contributed by atoms with van der Waals surface area (Å²) in [5, 5.41) is 8.51. The summed E-state index contributed by atoms with van der Waals surface area (Å²) in [6.45, 7) is -0.510.